The highest BCUT2D eigenvalue weighted by atomic mass is 32.1. The van der Waals surface area contributed by atoms with E-state index in [0.29, 0.717) is 5.69 Å². The third-order valence-corrected chi connectivity index (χ3v) is 4.36. The molecule has 5 heteroatoms. The minimum atomic E-state index is -0.422. The number of esters is 1. The molecule has 0 fully saturated rings. The highest BCUT2D eigenvalue weighted by molar-refractivity contribution is 7.13. The normalized spacial score (nSPS) is 10.8. The molecular weight excluding hydrogens is 334 g/mol. The van der Waals surface area contributed by atoms with Crippen molar-refractivity contribution < 1.29 is 14.3 Å². The SMILES string of the molecule is COc1ccc(-c2nc(C(=O)OC/C=C/c3ccccc3)cs2)cc1. The van der Waals surface area contributed by atoms with Crippen LogP contribution in [0.3, 0.4) is 0 Å². The summed E-state index contributed by atoms with van der Waals surface area (Å²) in [5, 5.41) is 2.48. The second-order valence-electron chi connectivity index (χ2n) is 5.18. The smallest absolute Gasteiger partial charge is 0.358 e. The summed E-state index contributed by atoms with van der Waals surface area (Å²) >= 11 is 1.41. The van der Waals surface area contributed by atoms with E-state index >= 15 is 0 Å². The molecule has 0 atom stereocenters. The van der Waals surface area contributed by atoms with Crippen molar-refractivity contribution in [1.82, 2.24) is 4.98 Å². The molecule has 0 saturated carbocycles. The molecule has 3 rings (SSSR count). The zero-order valence-electron chi connectivity index (χ0n) is 13.7. The molecular formula is C20H17NO3S. The first-order valence-electron chi connectivity index (χ1n) is 7.75. The third-order valence-electron chi connectivity index (χ3n) is 3.47. The number of aromatic nitrogens is 1. The second-order valence-corrected chi connectivity index (χ2v) is 6.04. The van der Waals surface area contributed by atoms with Gasteiger partial charge in [0, 0.05) is 10.9 Å². The summed E-state index contributed by atoms with van der Waals surface area (Å²) in [7, 11) is 1.62. The van der Waals surface area contributed by atoms with E-state index < -0.39 is 5.97 Å². The van der Waals surface area contributed by atoms with Crippen LogP contribution in [0.2, 0.25) is 0 Å². The third kappa shape index (κ3) is 4.55. The molecule has 0 bridgehead atoms. The van der Waals surface area contributed by atoms with E-state index in [1.807, 2.05) is 66.7 Å². The first-order valence-corrected chi connectivity index (χ1v) is 8.63. The van der Waals surface area contributed by atoms with Crippen LogP contribution in [0.1, 0.15) is 16.1 Å². The predicted octanol–water partition coefficient (Wildman–Crippen LogP) is 4.69. The summed E-state index contributed by atoms with van der Waals surface area (Å²) < 4.78 is 10.4. The fourth-order valence-corrected chi connectivity index (χ4v) is 2.98. The molecule has 126 valence electrons. The first kappa shape index (κ1) is 16.9. The van der Waals surface area contributed by atoms with Gasteiger partial charge in [-0.15, -0.1) is 11.3 Å². The van der Waals surface area contributed by atoms with Crippen LogP contribution in [0.25, 0.3) is 16.6 Å². The summed E-state index contributed by atoms with van der Waals surface area (Å²) in [5.74, 6) is 0.360. The molecule has 2 aromatic carbocycles. The van der Waals surface area contributed by atoms with Gasteiger partial charge in [-0.1, -0.05) is 36.4 Å². The van der Waals surface area contributed by atoms with Gasteiger partial charge >= 0.3 is 5.97 Å². The van der Waals surface area contributed by atoms with Crippen LogP contribution in [0.4, 0.5) is 0 Å². The highest BCUT2D eigenvalue weighted by Gasteiger charge is 2.12. The van der Waals surface area contributed by atoms with E-state index in [1.165, 1.54) is 11.3 Å². The van der Waals surface area contributed by atoms with E-state index in [0.717, 1.165) is 21.9 Å². The number of rotatable bonds is 6. The van der Waals surface area contributed by atoms with Crippen molar-refractivity contribution >= 4 is 23.4 Å². The molecule has 3 aromatic rings. The molecule has 1 heterocycles. The minimum absolute atomic E-state index is 0.211. The number of ether oxygens (including phenoxy) is 2. The molecule has 0 N–H and O–H groups in total. The number of nitrogens with zero attached hydrogens (tertiary/aromatic N) is 1. The largest absolute Gasteiger partial charge is 0.497 e. The Morgan fingerprint density at radius 2 is 1.88 bits per heavy atom. The maximum absolute atomic E-state index is 12.1. The van der Waals surface area contributed by atoms with Crippen molar-refractivity contribution in [3.8, 4) is 16.3 Å². The summed E-state index contributed by atoms with van der Waals surface area (Å²) in [4.78, 5) is 16.4. The Kier molecular flexibility index (Phi) is 5.59. The van der Waals surface area contributed by atoms with Crippen LogP contribution >= 0.6 is 11.3 Å². The molecule has 0 aliphatic carbocycles. The number of methoxy groups -OCH3 is 1. The Morgan fingerprint density at radius 1 is 1.12 bits per heavy atom. The zero-order valence-corrected chi connectivity index (χ0v) is 14.5. The van der Waals surface area contributed by atoms with Gasteiger partial charge in [0.15, 0.2) is 5.69 Å². The van der Waals surface area contributed by atoms with E-state index in [2.05, 4.69) is 4.98 Å². The summed E-state index contributed by atoms with van der Waals surface area (Å²) in [5.41, 5.74) is 2.33. The average molecular weight is 351 g/mol. The van der Waals surface area contributed by atoms with Crippen molar-refractivity contribution in [2.75, 3.05) is 13.7 Å². The van der Waals surface area contributed by atoms with Gasteiger partial charge in [-0.25, -0.2) is 9.78 Å². The van der Waals surface area contributed by atoms with Crippen LogP contribution in [0.5, 0.6) is 5.75 Å². The number of carbonyl (C=O) groups is 1. The molecule has 0 spiro atoms. The molecule has 0 radical (unpaired) electrons. The van der Waals surface area contributed by atoms with Crippen molar-refractivity contribution in [2.45, 2.75) is 0 Å². The summed E-state index contributed by atoms with van der Waals surface area (Å²) in [6, 6.07) is 17.4. The van der Waals surface area contributed by atoms with Gasteiger partial charge in [-0.2, -0.15) is 0 Å². The van der Waals surface area contributed by atoms with Gasteiger partial charge in [0.25, 0.3) is 0 Å². The van der Waals surface area contributed by atoms with E-state index in [1.54, 1.807) is 12.5 Å². The number of hydrogen-bond donors (Lipinski definition) is 0. The second kappa shape index (κ2) is 8.26. The number of benzene rings is 2. The van der Waals surface area contributed by atoms with Gasteiger partial charge in [-0.05, 0) is 35.9 Å². The number of hydrogen-bond acceptors (Lipinski definition) is 5. The van der Waals surface area contributed by atoms with Crippen LogP contribution in [-0.4, -0.2) is 24.7 Å². The Morgan fingerprint density at radius 3 is 2.60 bits per heavy atom. The Hall–Kier alpha value is -2.92. The lowest BCUT2D eigenvalue weighted by atomic mass is 10.2. The molecule has 0 aliphatic heterocycles. The first-order chi connectivity index (χ1) is 12.3. The maximum atomic E-state index is 12.1. The van der Waals surface area contributed by atoms with Gasteiger partial charge < -0.3 is 9.47 Å². The topological polar surface area (TPSA) is 48.4 Å². The van der Waals surface area contributed by atoms with Crippen LogP contribution in [0, 0.1) is 0 Å². The molecule has 0 unspecified atom stereocenters. The van der Waals surface area contributed by atoms with Gasteiger partial charge in [0.2, 0.25) is 0 Å². The maximum Gasteiger partial charge on any atom is 0.358 e. The van der Waals surface area contributed by atoms with E-state index in [-0.39, 0.29) is 6.61 Å². The zero-order chi connectivity index (χ0) is 17.5. The Balaban J connectivity index is 1.57. The van der Waals surface area contributed by atoms with Crippen LogP contribution in [-0.2, 0) is 4.74 Å². The Labute approximate surface area is 150 Å². The molecule has 4 nitrogen and oxygen atoms in total. The molecule has 1 aromatic heterocycles. The molecule has 0 amide bonds. The summed E-state index contributed by atoms with van der Waals surface area (Å²) in [6.07, 6.45) is 3.72. The monoisotopic (exact) mass is 351 g/mol. The van der Waals surface area contributed by atoms with Crippen molar-refractivity contribution in [3.05, 3.63) is 77.3 Å². The quantitative estimate of drug-likeness (QED) is 0.605. The van der Waals surface area contributed by atoms with Crippen molar-refractivity contribution in [3.63, 3.8) is 0 Å². The highest BCUT2D eigenvalue weighted by Crippen LogP contribution is 2.25. The number of carbonyl (C=O) groups excluding carboxylic acids is 1. The van der Waals surface area contributed by atoms with Gasteiger partial charge in [0.05, 0.1) is 7.11 Å². The van der Waals surface area contributed by atoms with E-state index in [9.17, 15) is 4.79 Å². The van der Waals surface area contributed by atoms with Crippen LogP contribution < -0.4 is 4.74 Å². The standard InChI is InChI=1S/C20H17NO3S/c1-23-17-11-9-16(10-12-17)19-21-18(14-25-19)20(22)24-13-5-8-15-6-3-2-4-7-15/h2-12,14H,13H2,1H3/b8-5+. The molecule has 0 saturated heterocycles. The fourth-order valence-electron chi connectivity index (χ4n) is 2.18. The molecule has 25 heavy (non-hydrogen) atoms. The van der Waals surface area contributed by atoms with E-state index in [4.69, 9.17) is 9.47 Å². The van der Waals surface area contributed by atoms with Gasteiger partial charge in [-0.3, -0.25) is 0 Å². The Bertz CT molecular complexity index is 854. The summed E-state index contributed by atoms with van der Waals surface area (Å²) in [6.45, 7) is 0.211. The lowest BCUT2D eigenvalue weighted by Gasteiger charge is -2.00. The molecule has 0 aliphatic rings. The lowest BCUT2D eigenvalue weighted by molar-refractivity contribution is 0.0544. The fraction of sp³-hybridized carbons (Fsp3) is 0.100. The number of thiazole rings is 1. The van der Waals surface area contributed by atoms with Gasteiger partial charge in [0.1, 0.15) is 17.4 Å². The minimum Gasteiger partial charge on any atom is -0.497 e. The van der Waals surface area contributed by atoms with Crippen molar-refractivity contribution in [1.29, 1.82) is 0 Å². The average Bonchev–Trinajstić information content (AvgIpc) is 3.16. The lowest BCUT2D eigenvalue weighted by Crippen LogP contribution is -2.05. The predicted molar refractivity (Wildman–Crippen MR) is 99.9 cm³/mol. The van der Waals surface area contributed by atoms with Crippen LogP contribution in [0.15, 0.2) is 66.1 Å². The van der Waals surface area contributed by atoms with Crippen molar-refractivity contribution in [2.24, 2.45) is 0 Å².